The average Bonchev–Trinajstić information content (AvgIpc) is 3.73. The van der Waals surface area contributed by atoms with Crippen molar-refractivity contribution in [2.24, 2.45) is 0 Å². The molecule has 0 unspecified atom stereocenters. The quantitative estimate of drug-likeness (QED) is 0.156. The molecule has 10 nitrogen and oxygen atoms in total. The molecule has 0 aliphatic carbocycles. The van der Waals surface area contributed by atoms with Crippen LogP contribution in [0.5, 0.6) is 11.8 Å². The summed E-state index contributed by atoms with van der Waals surface area (Å²) in [4.78, 5) is 46.5. The second kappa shape index (κ2) is 12.7. The Hall–Kier alpha value is -4.81. The zero-order valence-corrected chi connectivity index (χ0v) is 27.0. The molecule has 45 heavy (non-hydrogen) atoms. The largest absolute Gasteiger partial charge is 0.497 e. The first kappa shape index (κ1) is 30.2. The molecule has 6 rings (SSSR count). The number of aryl methyl sites for hydroxylation is 1. The van der Waals surface area contributed by atoms with Gasteiger partial charge >= 0.3 is 11.8 Å². The number of hydrogen-bond acceptors (Lipinski definition) is 9. The summed E-state index contributed by atoms with van der Waals surface area (Å²) < 4.78 is 18.7. The standard InChI is InChI=1S/C33H27BrN4O6S/c1-4-23-16-26-30(40)37(18-28(39)19-11-13-22(42-2)14-12-19)33(41)38(31(26)45-23)17-21-10-9-20(15-27(21)34)24-7-5-6-8-25(24)29-35-32(43-3)44-36-29/h5-16H,4,17-18H2,1-3H3. The lowest BCUT2D eigenvalue weighted by Crippen LogP contribution is -2.41. The minimum absolute atomic E-state index is 0.0694. The van der Waals surface area contributed by atoms with Crippen molar-refractivity contribution < 1.29 is 18.8 Å². The fourth-order valence-corrected chi connectivity index (χ4v) is 6.64. The molecule has 0 spiro atoms. The van der Waals surface area contributed by atoms with Gasteiger partial charge in [-0.25, -0.2) is 4.79 Å². The van der Waals surface area contributed by atoms with E-state index in [1.807, 2.05) is 55.5 Å². The maximum absolute atomic E-state index is 13.9. The molecule has 6 aromatic rings. The number of benzene rings is 3. The van der Waals surface area contributed by atoms with Crippen LogP contribution >= 0.6 is 27.3 Å². The van der Waals surface area contributed by atoms with Crippen molar-refractivity contribution >= 4 is 43.3 Å². The first-order chi connectivity index (χ1) is 21.8. The van der Waals surface area contributed by atoms with E-state index < -0.39 is 11.2 Å². The van der Waals surface area contributed by atoms with Crippen molar-refractivity contribution in [1.82, 2.24) is 19.3 Å². The van der Waals surface area contributed by atoms with E-state index in [4.69, 9.17) is 14.0 Å². The van der Waals surface area contributed by atoms with Gasteiger partial charge in [0, 0.05) is 20.5 Å². The molecule has 228 valence electrons. The fraction of sp³-hybridized carbons (Fsp3) is 0.182. The van der Waals surface area contributed by atoms with Crippen molar-refractivity contribution in [3.8, 4) is 34.3 Å². The summed E-state index contributed by atoms with van der Waals surface area (Å²) in [6, 6.07) is 21.9. The highest BCUT2D eigenvalue weighted by atomic mass is 79.9. The number of ether oxygens (including phenoxy) is 2. The molecule has 12 heteroatoms. The maximum atomic E-state index is 13.9. The molecule has 3 aromatic heterocycles. The molecule has 0 aliphatic heterocycles. The van der Waals surface area contributed by atoms with Gasteiger partial charge in [0.25, 0.3) is 5.56 Å². The second-order valence-electron chi connectivity index (χ2n) is 10.1. The Labute approximate surface area is 269 Å². The first-order valence-corrected chi connectivity index (χ1v) is 15.6. The summed E-state index contributed by atoms with van der Waals surface area (Å²) in [5.74, 6) is 0.651. The summed E-state index contributed by atoms with van der Waals surface area (Å²) in [6.45, 7) is 1.80. The van der Waals surface area contributed by atoms with Crippen molar-refractivity contribution in [3.05, 3.63) is 114 Å². The Morgan fingerprint density at radius 2 is 1.71 bits per heavy atom. The van der Waals surface area contributed by atoms with Gasteiger partial charge in [0.15, 0.2) is 5.78 Å². The van der Waals surface area contributed by atoms with E-state index in [9.17, 15) is 14.4 Å². The molecule has 0 amide bonds. The van der Waals surface area contributed by atoms with Crippen LogP contribution in [0.3, 0.4) is 0 Å². The van der Waals surface area contributed by atoms with Gasteiger partial charge in [0.1, 0.15) is 10.6 Å². The lowest BCUT2D eigenvalue weighted by molar-refractivity contribution is 0.0969. The van der Waals surface area contributed by atoms with E-state index in [2.05, 4.69) is 26.1 Å². The van der Waals surface area contributed by atoms with Gasteiger partial charge in [-0.2, -0.15) is 4.98 Å². The summed E-state index contributed by atoms with van der Waals surface area (Å²) in [5.41, 5.74) is 2.71. The molecule has 0 radical (unpaired) electrons. The van der Waals surface area contributed by atoms with Gasteiger partial charge < -0.3 is 9.47 Å². The number of carbonyl (C=O) groups is 1. The van der Waals surface area contributed by atoms with Gasteiger partial charge in [-0.1, -0.05) is 64.4 Å². The molecule has 0 bridgehead atoms. The Bertz CT molecular complexity index is 2160. The molecule has 0 atom stereocenters. The molecule has 0 saturated carbocycles. The minimum Gasteiger partial charge on any atom is -0.497 e. The van der Waals surface area contributed by atoms with Crippen LogP contribution in [0.15, 0.2) is 91.4 Å². The molecule has 0 fully saturated rings. The Balaban J connectivity index is 1.38. The topological polar surface area (TPSA) is 118 Å². The number of fused-ring (bicyclic) bond motifs is 1. The smallest absolute Gasteiger partial charge is 0.417 e. The molecule has 0 saturated heterocycles. The number of nitrogens with zero attached hydrogens (tertiary/aromatic N) is 4. The lowest BCUT2D eigenvalue weighted by Gasteiger charge is -2.14. The molecule has 3 heterocycles. The summed E-state index contributed by atoms with van der Waals surface area (Å²) in [7, 11) is 3.00. The van der Waals surface area contributed by atoms with Crippen LogP contribution in [0.25, 0.3) is 32.7 Å². The highest BCUT2D eigenvalue weighted by Gasteiger charge is 2.20. The molecule has 0 aliphatic rings. The third-order valence-corrected chi connectivity index (χ3v) is 9.49. The normalized spacial score (nSPS) is 11.2. The number of methoxy groups -OCH3 is 2. The van der Waals surface area contributed by atoms with Crippen LogP contribution in [0.1, 0.15) is 27.7 Å². The van der Waals surface area contributed by atoms with E-state index in [0.29, 0.717) is 33.8 Å². The number of ketones is 1. The zero-order valence-electron chi connectivity index (χ0n) is 24.6. The third kappa shape index (κ3) is 5.86. The van der Waals surface area contributed by atoms with E-state index in [1.54, 1.807) is 28.8 Å². The number of thiophene rings is 1. The number of hydrogen-bond donors (Lipinski definition) is 0. The van der Waals surface area contributed by atoms with Crippen molar-refractivity contribution in [2.75, 3.05) is 14.2 Å². The summed E-state index contributed by atoms with van der Waals surface area (Å²) >= 11 is 5.12. The average molecular weight is 688 g/mol. The number of Topliss-reactive ketones (excluding diaryl/α,β-unsaturated/α-hetero) is 1. The molecule has 0 N–H and O–H groups in total. The van der Waals surface area contributed by atoms with Gasteiger partial charge in [0.05, 0.1) is 32.7 Å². The van der Waals surface area contributed by atoms with Gasteiger partial charge in [-0.3, -0.25) is 23.2 Å². The summed E-state index contributed by atoms with van der Waals surface area (Å²) in [5, 5.41) is 4.45. The van der Waals surface area contributed by atoms with Gasteiger partial charge in [-0.05, 0) is 59.5 Å². The van der Waals surface area contributed by atoms with E-state index >= 15 is 0 Å². The van der Waals surface area contributed by atoms with Crippen LogP contribution in [0, 0.1) is 0 Å². The number of halogens is 1. The van der Waals surface area contributed by atoms with E-state index in [1.165, 1.54) is 25.6 Å². The van der Waals surface area contributed by atoms with Crippen molar-refractivity contribution in [1.29, 1.82) is 0 Å². The highest BCUT2D eigenvalue weighted by Crippen LogP contribution is 2.34. The Kier molecular flexibility index (Phi) is 8.50. The third-order valence-electron chi connectivity index (χ3n) is 7.45. The Morgan fingerprint density at radius 3 is 2.38 bits per heavy atom. The summed E-state index contributed by atoms with van der Waals surface area (Å²) in [6.07, 6.45) is 0.780. The van der Waals surface area contributed by atoms with E-state index in [0.717, 1.165) is 36.2 Å². The number of aromatic nitrogens is 4. The molecule has 3 aromatic carbocycles. The Morgan fingerprint density at radius 1 is 0.956 bits per heavy atom. The second-order valence-corrected chi connectivity index (χ2v) is 12.1. The monoisotopic (exact) mass is 686 g/mol. The first-order valence-electron chi connectivity index (χ1n) is 14.0. The van der Waals surface area contributed by atoms with Crippen LogP contribution in [-0.2, 0) is 19.5 Å². The van der Waals surface area contributed by atoms with Crippen molar-refractivity contribution in [2.45, 2.75) is 26.4 Å². The van der Waals surface area contributed by atoms with Gasteiger partial charge in [0.2, 0.25) is 5.82 Å². The highest BCUT2D eigenvalue weighted by molar-refractivity contribution is 9.10. The van der Waals surface area contributed by atoms with Crippen LogP contribution in [-0.4, -0.2) is 39.3 Å². The van der Waals surface area contributed by atoms with Crippen LogP contribution in [0.2, 0.25) is 0 Å². The molecular weight excluding hydrogens is 660 g/mol. The lowest BCUT2D eigenvalue weighted by atomic mass is 9.98. The van der Waals surface area contributed by atoms with Crippen LogP contribution in [0.4, 0.5) is 0 Å². The molecular formula is C33H27BrN4O6S. The fourth-order valence-electron chi connectivity index (χ4n) is 5.06. The predicted octanol–water partition coefficient (Wildman–Crippen LogP) is 6.22. The number of carbonyl (C=O) groups excluding carboxylic acids is 1. The van der Waals surface area contributed by atoms with Crippen molar-refractivity contribution in [3.63, 3.8) is 0 Å². The number of rotatable bonds is 10. The van der Waals surface area contributed by atoms with Gasteiger partial charge in [-0.15, -0.1) is 11.3 Å². The predicted molar refractivity (Wildman–Crippen MR) is 176 cm³/mol. The van der Waals surface area contributed by atoms with E-state index in [-0.39, 0.29) is 24.9 Å². The zero-order chi connectivity index (χ0) is 31.7. The van der Waals surface area contributed by atoms with Crippen LogP contribution < -0.4 is 20.7 Å². The minimum atomic E-state index is -0.550. The maximum Gasteiger partial charge on any atom is 0.417 e. The SMILES string of the molecule is CCc1cc2c(=O)n(CC(=O)c3ccc(OC)cc3)c(=O)n(Cc3ccc(-c4ccccc4-c4noc(OC)n4)cc3Br)c2s1.